The molecule has 0 saturated carbocycles. The van der Waals surface area contributed by atoms with Gasteiger partial charge in [0.15, 0.2) is 5.65 Å². The summed E-state index contributed by atoms with van der Waals surface area (Å²) in [7, 11) is 0. The molecule has 0 amide bonds. The number of piperidine rings is 1. The lowest BCUT2D eigenvalue weighted by molar-refractivity contribution is 0.145. The minimum Gasteiger partial charge on any atom is -0.394 e. The van der Waals surface area contributed by atoms with Crippen LogP contribution < -0.4 is 10.6 Å². The van der Waals surface area contributed by atoms with E-state index in [1.54, 1.807) is 10.7 Å². The molecular weight excluding hydrogens is 218 g/mol. The lowest BCUT2D eigenvalue weighted by Gasteiger charge is -2.30. The summed E-state index contributed by atoms with van der Waals surface area (Å²) in [4.78, 5) is 6.67. The van der Waals surface area contributed by atoms with E-state index in [-0.39, 0.29) is 6.10 Å². The van der Waals surface area contributed by atoms with Crippen LogP contribution in [0.3, 0.4) is 0 Å². The molecule has 1 fully saturated rings. The van der Waals surface area contributed by atoms with Crippen molar-refractivity contribution in [3.8, 4) is 0 Å². The first kappa shape index (κ1) is 10.3. The molecule has 6 heteroatoms. The standard InChI is InChI=1S/C11H15N5O/c12-9-7-13-16-6-3-10(14-11(9)16)15-4-1-8(17)2-5-15/h3,6-8,17H,1-2,4-5,12H2. The number of aromatic nitrogens is 3. The molecule has 17 heavy (non-hydrogen) atoms. The number of aliphatic hydroxyl groups is 1. The van der Waals surface area contributed by atoms with E-state index in [0.717, 1.165) is 31.7 Å². The summed E-state index contributed by atoms with van der Waals surface area (Å²) in [5.74, 6) is 0.900. The van der Waals surface area contributed by atoms with Crippen molar-refractivity contribution < 1.29 is 5.11 Å². The zero-order valence-electron chi connectivity index (χ0n) is 9.45. The fourth-order valence-electron chi connectivity index (χ4n) is 2.15. The van der Waals surface area contributed by atoms with Crippen molar-refractivity contribution in [3.05, 3.63) is 18.5 Å². The zero-order valence-corrected chi connectivity index (χ0v) is 9.45. The maximum Gasteiger partial charge on any atom is 0.180 e. The van der Waals surface area contributed by atoms with Crippen LogP contribution in [0, 0.1) is 0 Å². The molecule has 0 aromatic carbocycles. The first-order chi connectivity index (χ1) is 8.24. The summed E-state index contributed by atoms with van der Waals surface area (Å²) in [6.07, 6.45) is 4.88. The van der Waals surface area contributed by atoms with E-state index < -0.39 is 0 Å². The van der Waals surface area contributed by atoms with Crippen LogP contribution in [0.1, 0.15) is 12.8 Å². The summed E-state index contributed by atoms with van der Waals surface area (Å²) in [5, 5.41) is 13.6. The van der Waals surface area contributed by atoms with Gasteiger partial charge in [0.1, 0.15) is 5.82 Å². The van der Waals surface area contributed by atoms with Crippen molar-refractivity contribution in [2.24, 2.45) is 0 Å². The minimum atomic E-state index is -0.171. The molecule has 3 rings (SSSR count). The van der Waals surface area contributed by atoms with Gasteiger partial charge in [0.25, 0.3) is 0 Å². The first-order valence-corrected chi connectivity index (χ1v) is 5.77. The molecule has 3 heterocycles. The number of nitrogen functional groups attached to an aromatic ring is 1. The maximum atomic E-state index is 9.48. The van der Waals surface area contributed by atoms with Crippen molar-refractivity contribution in [3.63, 3.8) is 0 Å². The molecule has 2 aromatic rings. The Balaban J connectivity index is 1.92. The molecule has 90 valence electrons. The third kappa shape index (κ3) is 1.80. The Morgan fingerprint density at radius 2 is 2.12 bits per heavy atom. The van der Waals surface area contributed by atoms with Crippen molar-refractivity contribution in [1.29, 1.82) is 0 Å². The number of rotatable bonds is 1. The van der Waals surface area contributed by atoms with Crippen LogP contribution in [-0.4, -0.2) is 38.9 Å². The Kier molecular flexibility index (Phi) is 2.36. The van der Waals surface area contributed by atoms with Crippen molar-refractivity contribution in [1.82, 2.24) is 14.6 Å². The largest absolute Gasteiger partial charge is 0.394 e. The van der Waals surface area contributed by atoms with Gasteiger partial charge in [-0.15, -0.1) is 0 Å². The summed E-state index contributed by atoms with van der Waals surface area (Å²) >= 11 is 0. The highest BCUT2D eigenvalue weighted by Gasteiger charge is 2.18. The highest BCUT2D eigenvalue weighted by atomic mass is 16.3. The smallest absolute Gasteiger partial charge is 0.180 e. The van der Waals surface area contributed by atoms with Gasteiger partial charge in [0, 0.05) is 19.3 Å². The number of fused-ring (bicyclic) bond motifs is 1. The van der Waals surface area contributed by atoms with E-state index in [9.17, 15) is 5.11 Å². The molecule has 0 bridgehead atoms. The number of nitrogens with zero attached hydrogens (tertiary/aromatic N) is 4. The third-order valence-corrected chi connectivity index (χ3v) is 3.17. The van der Waals surface area contributed by atoms with Gasteiger partial charge in [-0.1, -0.05) is 0 Å². The topological polar surface area (TPSA) is 79.7 Å². The fraction of sp³-hybridized carbons (Fsp3) is 0.455. The molecule has 0 aliphatic carbocycles. The van der Waals surface area contributed by atoms with Crippen LogP contribution in [0.15, 0.2) is 18.5 Å². The van der Waals surface area contributed by atoms with Gasteiger partial charge in [0.2, 0.25) is 0 Å². The van der Waals surface area contributed by atoms with Crippen LogP contribution in [0.25, 0.3) is 5.65 Å². The number of nitrogens with two attached hydrogens (primary N) is 1. The monoisotopic (exact) mass is 233 g/mol. The average Bonchev–Trinajstić information content (AvgIpc) is 2.72. The zero-order chi connectivity index (χ0) is 11.8. The molecule has 1 aliphatic heterocycles. The Labute approximate surface area is 98.7 Å². The molecule has 0 spiro atoms. The summed E-state index contributed by atoms with van der Waals surface area (Å²) < 4.78 is 1.66. The summed E-state index contributed by atoms with van der Waals surface area (Å²) in [5.41, 5.74) is 7.07. The SMILES string of the molecule is Nc1cnn2ccc(N3CCC(O)CC3)nc12. The molecule has 6 nitrogen and oxygen atoms in total. The van der Waals surface area contributed by atoms with E-state index in [0.29, 0.717) is 11.3 Å². The molecule has 1 saturated heterocycles. The minimum absolute atomic E-state index is 0.171. The fourth-order valence-corrected chi connectivity index (χ4v) is 2.15. The molecular formula is C11H15N5O. The van der Waals surface area contributed by atoms with Crippen LogP contribution in [0.4, 0.5) is 11.5 Å². The molecule has 2 aromatic heterocycles. The molecule has 3 N–H and O–H groups in total. The lowest BCUT2D eigenvalue weighted by atomic mass is 10.1. The van der Waals surface area contributed by atoms with E-state index in [4.69, 9.17) is 5.73 Å². The maximum absolute atomic E-state index is 9.48. The van der Waals surface area contributed by atoms with Crippen LogP contribution in [-0.2, 0) is 0 Å². The van der Waals surface area contributed by atoms with Gasteiger partial charge < -0.3 is 15.7 Å². The Morgan fingerprint density at radius 1 is 1.35 bits per heavy atom. The van der Waals surface area contributed by atoms with Gasteiger partial charge in [-0.2, -0.15) is 5.10 Å². The second-order valence-corrected chi connectivity index (χ2v) is 4.37. The Hall–Kier alpha value is -1.82. The highest BCUT2D eigenvalue weighted by molar-refractivity contribution is 5.65. The molecule has 1 aliphatic rings. The highest BCUT2D eigenvalue weighted by Crippen LogP contribution is 2.20. The number of hydrogen-bond donors (Lipinski definition) is 2. The van der Waals surface area contributed by atoms with Gasteiger partial charge in [-0.3, -0.25) is 0 Å². The molecule has 0 unspecified atom stereocenters. The van der Waals surface area contributed by atoms with Gasteiger partial charge in [0.05, 0.1) is 18.0 Å². The van der Waals surface area contributed by atoms with E-state index in [2.05, 4.69) is 15.0 Å². The number of anilines is 2. The average molecular weight is 233 g/mol. The number of hydrogen-bond acceptors (Lipinski definition) is 5. The van der Waals surface area contributed by atoms with E-state index in [1.165, 1.54) is 0 Å². The summed E-state index contributed by atoms with van der Waals surface area (Å²) in [6.45, 7) is 1.66. The normalized spacial score (nSPS) is 17.8. The number of aliphatic hydroxyl groups excluding tert-OH is 1. The molecule has 0 atom stereocenters. The van der Waals surface area contributed by atoms with Crippen LogP contribution in [0.2, 0.25) is 0 Å². The van der Waals surface area contributed by atoms with Gasteiger partial charge in [-0.25, -0.2) is 9.50 Å². The van der Waals surface area contributed by atoms with Crippen LogP contribution >= 0.6 is 0 Å². The third-order valence-electron chi connectivity index (χ3n) is 3.17. The van der Waals surface area contributed by atoms with Gasteiger partial charge >= 0.3 is 0 Å². The second-order valence-electron chi connectivity index (χ2n) is 4.37. The quantitative estimate of drug-likeness (QED) is 0.739. The Morgan fingerprint density at radius 3 is 2.88 bits per heavy atom. The lowest BCUT2D eigenvalue weighted by Crippen LogP contribution is -2.36. The Bertz CT molecular complexity index is 530. The van der Waals surface area contributed by atoms with Crippen molar-refractivity contribution >= 4 is 17.2 Å². The van der Waals surface area contributed by atoms with E-state index in [1.807, 2.05) is 12.3 Å². The summed E-state index contributed by atoms with van der Waals surface area (Å²) in [6, 6.07) is 1.93. The second kappa shape index (κ2) is 3.89. The first-order valence-electron chi connectivity index (χ1n) is 5.77. The van der Waals surface area contributed by atoms with Crippen molar-refractivity contribution in [2.75, 3.05) is 23.7 Å². The van der Waals surface area contributed by atoms with E-state index >= 15 is 0 Å². The van der Waals surface area contributed by atoms with Crippen LogP contribution in [0.5, 0.6) is 0 Å². The van der Waals surface area contributed by atoms with Crippen molar-refractivity contribution in [2.45, 2.75) is 18.9 Å². The molecule has 0 radical (unpaired) electrons. The predicted molar refractivity (Wildman–Crippen MR) is 64.9 cm³/mol. The van der Waals surface area contributed by atoms with Gasteiger partial charge in [-0.05, 0) is 18.9 Å². The predicted octanol–water partition coefficient (Wildman–Crippen LogP) is 0.273.